The standard InChI is InChI=1S/C20H31F2N3O3.HI/c1-4-23-20(24-12-8-6-5-7-9-18(26)27-3)25-14-16-13-15(2)10-11-17(16)28-19(21)22;/h10-11,13,19H,4-9,12,14H2,1-3H3,(H2,23,24,25);1H. The highest BCUT2D eigenvalue weighted by atomic mass is 127. The summed E-state index contributed by atoms with van der Waals surface area (Å²) in [5.41, 5.74) is 1.57. The third-order valence-corrected chi connectivity index (χ3v) is 4.01. The predicted molar refractivity (Wildman–Crippen MR) is 121 cm³/mol. The maximum atomic E-state index is 12.6. The van der Waals surface area contributed by atoms with Crippen molar-refractivity contribution in [3.8, 4) is 5.75 Å². The fourth-order valence-electron chi connectivity index (χ4n) is 2.61. The number of carbonyl (C=O) groups is 1. The number of esters is 1. The number of rotatable bonds is 12. The molecule has 166 valence electrons. The summed E-state index contributed by atoms with van der Waals surface area (Å²) >= 11 is 0. The van der Waals surface area contributed by atoms with Gasteiger partial charge in [-0.25, -0.2) is 4.99 Å². The smallest absolute Gasteiger partial charge is 0.387 e. The summed E-state index contributed by atoms with van der Waals surface area (Å²) in [6, 6.07) is 5.07. The lowest BCUT2D eigenvalue weighted by Gasteiger charge is -2.13. The number of halogens is 3. The Hall–Kier alpha value is -1.65. The zero-order chi connectivity index (χ0) is 20.8. The molecule has 0 saturated carbocycles. The summed E-state index contributed by atoms with van der Waals surface area (Å²) in [4.78, 5) is 15.5. The van der Waals surface area contributed by atoms with E-state index in [1.807, 2.05) is 13.8 Å². The molecule has 9 heteroatoms. The zero-order valence-corrected chi connectivity index (χ0v) is 19.6. The van der Waals surface area contributed by atoms with E-state index in [0.29, 0.717) is 24.5 Å². The summed E-state index contributed by atoms with van der Waals surface area (Å²) in [6.07, 6.45) is 4.17. The Morgan fingerprint density at radius 3 is 2.55 bits per heavy atom. The molecule has 0 spiro atoms. The second kappa shape index (κ2) is 16.2. The summed E-state index contributed by atoms with van der Waals surface area (Å²) in [5.74, 6) is 0.596. The van der Waals surface area contributed by atoms with Crippen molar-refractivity contribution in [3.63, 3.8) is 0 Å². The van der Waals surface area contributed by atoms with Gasteiger partial charge in [0.2, 0.25) is 0 Å². The Labute approximate surface area is 188 Å². The molecule has 0 fully saturated rings. The molecule has 1 rings (SSSR count). The Kier molecular flexibility index (Phi) is 15.3. The van der Waals surface area contributed by atoms with Gasteiger partial charge in [-0.2, -0.15) is 8.78 Å². The van der Waals surface area contributed by atoms with Crippen molar-refractivity contribution < 1.29 is 23.0 Å². The molecule has 0 saturated heterocycles. The molecular formula is C20H32F2IN3O3. The van der Waals surface area contributed by atoms with E-state index in [1.54, 1.807) is 18.2 Å². The van der Waals surface area contributed by atoms with Gasteiger partial charge in [0, 0.05) is 25.1 Å². The second-order valence-electron chi connectivity index (χ2n) is 6.35. The van der Waals surface area contributed by atoms with Gasteiger partial charge in [0.25, 0.3) is 0 Å². The summed E-state index contributed by atoms with van der Waals surface area (Å²) in [7, 11) is 1.40. The molecule has 0 radical (unpaired) electrons. The number of nitrogens with one attached hydrogen (secondary N) is 2. The Bertz CT molecular complexity index is 631. The first-order valence-corrected chi connectivity index (χ1v) is 9.59. The summed E-state index contributed by atoms with van der Waals surface area (Å²) in [5, 5.41) is 6.38. The van der Waals surface area contributed by atoms with E-state index >= 15 is 0 Å². The Balaban J connectivity index is 0.00000784. The third-order valence-electron chi connectivity index (χ3n) is 4.01. The maximum absolute atomic E-state index is 12.6. The number of carbonyl (C=O) groups excluding carboxylic acids is 1. The molecule has 0 atom stereocenters. The maximum Gasteiger partial charge on any atom is 0.387 e. The van der Waals surface area contributed by atoms with Gasteiger partial charge in [0.1, 0.15) is 5.75 Å². The monoisotopic (exact) mass is 527 g/mol. The molecule has 0 heterocycles. The molecule has 1 aromatic rings. The Morgan fingerprint density at radius 1 is 1.17 bits per heavy atom. The quantitative estimate of drug-likeness (QED) is 0.139. The van der Waals surface area contributed by atoms with E-state index in [1.165, 1.54) is 7.11 Å². The largest absolute Gasteiger partial charge is 0.469 e. The first kappa shape index (κ1) is 27.4. The van der Waals surface area contributed by atoms with E-state index in [2.05, 4.69) is 25.1 Å². The van der Waals surface area contributed by atoms with E-state index in [-0.39, 0.29) is 42.2 Å². The number of hydrogen-bond donors (Lipinski definition) is 2. The molecule has 2 N–H and O–H groups in total. The lowest BCUT2D eigenvalue weighted by Crippen LogP contribution is -2.37. The molecule has 0 aliphatic heterocycles. The van der Waals surface area contributed by atoms with Crippen LogP contribution < -0.4 is 15.4 Å². The minimum atomic E-state index is -2.86. The number of ether oxygens (including phenoxy) is 2. The van der Waals surface area contributed by atoms with Gasteiger partial charge in [0.05, 0.1) is 13.7 Å². The van der Waals surface area contributed by atoms with Crippen LogP contribution in [-0.4, -0.2) is 38.7 Å². The average molecular weight is 527 g/mol. The van der Waals surface area contributed by atoms with Gasteiger partial charge in [-0.05, 0) is 32.8 Å². The number of aliphatic imine (C=N–C) groups is 1. The van der Waals surface area contributed by atoms with Crippen molar-refractivity contribution in [1.82, 2.24) is 10.6 Å². The van der Waals surface area contributed by atoms with E-state index in [9.17, 15) is 13.6 Å². The van der Waals surface area contributed by atoms with Crippen LogP contribution in [0, 0.1) is 6.92 Å². The first-order valence-electron chi connectivity index (χ1n) is 9.59. The van der Waals surface area contributed by atoms with Crippen LogP contribution in [0.5, 0.6) is 5.75 Å². The minimum Gasteiger partial charge on any atom is -0.469 e. The number of guanidine groups is 1. The zero-order valence-electron chi connectivity index (χ0n) is 17.3. The van der Waals surface area contributed by atoms with E-state index < -0.39 is 6.61 Å². The highest BCUT2D eigenvalue weighted by Gasteiger charge is 2.10. The van der Waals surface area contributed by atoms with Gasteiger partial charge < -0.3 is 20.1 Å². The van der Waals surface area contributed by atoms with Crippen LogP contribution in [0.15, 0.2) is 23.2 Å². The van der Waals surface area contributed by atoms with Crippen LogP contribution in [0.1, 0.15) is 50.2 Å². The van der Waals surface area contributed by atoms with Crippen molar-refractivity contribution in [2.45, 2.75) is 59.1 Å². The topological polar surface area (TPSA) is 72.0 Å². The van der Waals surface area contributed by atoms with Gasteiger partial charge in [-0.15, -0.1) is 24.0 Å². The molecule has 0 aliphatic rings. The predicted octanol–water partition coefficient (Wildman–Crippen LogP) is 4.39. The molecule has 0 unspecified atom stereocenters. The molecule has 0 bridgehead atoms. The fraction of sp³-hybridized carbons (Fsp3) is 0.600. The normalized spacial score (nSPS) is 11.0. The molecule has 0 amide bonds. The lowest BCUT2D eigenvalue weighted by atomic mass is 10.1. The number of aryl methyl sites for hydroxylation is 1. The molecule has 6 nitrogen and oxygen atoms in total. The molecule has 0 aliphatic carbocycles. The van der Waals surface area contributed by atoms with Crippen molar-refractivity contribution in [3.05, 3.63) is 29.3 Å². The average Bonchev–Trinajstić information content (AvgIpc) is 2.66. The number of unbranched alkanes of at least 4 members (excludes halogenated alkanes) is 3. The number of hydrogen-bond acceptors (Lipinski definition) is 4. The van der Waals surface area contributed by atoms with Gasteiger partial charge in [-0.3, -0.25) is 4.79 Å². The minimum absolute atomic E-state index is 0. The molecule has 0 aromatic heterocycles. The van der Waals surface area contributed by atoms with Gasteiger partial charge in [-0.1, -0.05) is 30.5 Å². The highest BCUT2D eigenvalue weighted by molar-refractivity contribution is 14.0. The summed E-state index contributed by atoms with van der Waals surface area (Å²) < 4.78 is 34.3. The lowest BCUT2D eigenvalue weighted by molar-refractivity contribution is -0.140. The SMILES string of the molecule is CCNC(=NCc1cc(C)ccc1OC(F)F)NCCCCCCC(=O)OC.I. The van der Waals surface area contributed by atoms with Crippen LogP contribution in [0.25, 0.3) is 0 Å². The summed E-state index contributed by atoms with van der Waals surface area (Å²) in [6.45, 7) is 2.65. The van der Waals surface area contributed by atoms with Crippen molar-refractivity contribution in [2.24, 2.45) is 4.99 Å². The van der Waals surface area contributed by atoms with E-state index in [4.69, 9.17) is 0 Å². The van der Waals surface area contributed by atoms with Crippen LogP contribution in [0.2, 0.25) is 0 Å². The molecular weight excluding hydrogens is 495 g/mol. The molecule has 1 aromatic carbocycles. The van der Waals surface area contributed by atoms with Crippen molar-refractivity contribution in [1.29, 1.82) is 0 Å². The number of methoxy groups -OCH3 is 1. The second-order valence-corrected chi connectivity index (χ2v) is 6.35. The Morgan fingerprint density at radius 2 is 1.90 bits per heavy atom. The number of benzene rings is 1. The van der Waals surface area contributed by atoms with Crippen LogP contribution in [0.3, 0.4) is 0 Å². The van der Waals surface area contributed by atoms with Crippen LogP contribution in [-0.2, 0) is 16.1 Å². The number of alkyl halides is 2. The van der Waals surface area contributed by atoms with E-state index in [0.717, 1.165) is 37.8 Å². The first-order chi connectivity index (χ1) is 13.5. The third kappa shape index (κ3) is 12.5. The van der Waals surface area contributed by atoms with Gasteiger partial charge >= 0.3 is 12.6 Å². The van der Waals surface area contributed by atoms with Crippen LogP contribution >= 0.6 is 24.0 Å². The van der Waals surface area contributed by atoms with Crippen molar-refractivity contribution in [2.75, 3.05) is 20.2 Å². The number of nitrogens with zero attached hydrogens (tertiary/aromatic N) is 1. The molecule has 29 heavy (non-hydrogen) atoms. The van der Waals surface area contributed by atoms with Crippen molar-refractivity contribution >= 4 is 35.9 Å². The highest BCUT2D eigenvalue weighted by Crippen LogP contribution is 2.22. The van der Waals surface area contributed by atoms with Gasteiger partial charge in [0.15, 0.2) is 5.96 Å². The fourth-order valence-corrected chi connectivity index (χ4v) is 2.61. The van der Waals surface area contributed by atoms with Crippen LogP contribution in [0.4, 0.5) is 8.78 Å².